The molecule has 0 spiro atoms. The van der Waals surface area contributed by atoms with Crippen LogP contribution in [-0.2, 0) is 4.74 Å². The van der Waals surface area contributed by atoms with Gasteiger partial charge >= 0.3 is 0 Å². The minimum atomic E-state index is -1.01. The summed E-state index contributed by atoms with van der Waals surface area (Å²) in [6.45, 7) is 12.4. The summed E-state index contributed by atoms with van der Waals surface area (Å²) in [4.78, 5) is 0. The maximum absolute atomic E-state index is 6.30. The summed E-state index contributed by atoms with van der Waals surface area (Å²) in [6, 6.07) is 19.4. The smallest absolute Gasteiger partial charge is 0.154 e. The van der Waals surface area contributed by atoms with Gasteiger partial charge in [-0.05, 0) is 33.3 Å². The van der Waals surface area contributed by atoms with Crippen molar-refractivity contribution in [3.05, 3.63) is 66.7 Å². The molecule has 0 heterocycles. The van der Waals surface area contributed by atoms with Crippen LogP contribution in [0.25, 0.3) is 6.08 Å². The van der Waals surface area contributed by atoms with Crippen molar-refractivity contribution in [2.45, 2.75) is 39.0 Å². The van der Waals surface area contributed by atoms with Gasteiger partial charge in [0.15, 0.2) is 8.80 Å². The summed E-state index contributed by atoms with van der Waals surface area (Å²) in [5, 5.41) is 2.75. The third kappa shape index (κ3) is 4.42. The quantitative estimate of drug-likeness (QED) is 0.766. The lowest BCUT2D eigenvalue weighted by Gasteiger charge is -2.30. The fourth-order valence-corrected chi connectivity index (χ4v) is 5.57. The van der Waals surface area contributed by atoms with Crippen molar-refractivity contribution in [1.29, 1.82) is 0 Å². The van der Waals surface area contributed by atoms with Crippen molar-refractivity contribution in [1.82, 2.24) is 0 Å². The van der Waals surface area contributed by atoms with Gasteiger partial charge in [-0.1, -0.05) is 77.6 Å². The van der Waals surface area contributed by atoms with Crippen LogP contribution in [0.2, 0.25) is 0 Å². The molecule has 2 aromatic carbocycles. The molecule has 0 aliphatic heterocycles. The summed E-state index contributed by atoms with van der Waals surface area (Å²) in [5.41, 5.74) is 1.21. The lowest BCUT2D eigenvalue weighted by Crippen LogP contribution is -2.53. The van der Waals surface area contributed by atoms with E-state index in [0.29, 0.717) is 0 Å². The Labute approximate surface area is 136 Å². The first kappa shape index (κ1) is 16.7. The summed E-state index contributed by atoms with van der Waals surface area (Å²) >= 11 is 0. The Morgan fingerprint density at radius 3 is 2.23 bits per heavy atom. The van der Waals surface area contributed by atoms with Crippen LogP contribution in [0.5, 0.6) is 0 Å². The fraction of sp³-hybridized carbons (Fsp3) is 0.300. The molecule has 0 bridgehead atoms. The highest BCUT2D eigenvalue weighted by Gasteiger charge is 2.28. The topological polar surface area (TPSA) is 9.23 Å². The lowest BCUT2D eigenvalue weighted by atomic mass is 10.2. The van der Waals surface area contributed by atoms with Gasteiger partial charge in [-0.25, -0.2) is 0 Å². The van der Waals surface area contributed by atoms with E-state index in [1.165, 1.54) is 15.9 Å². The first-order chi connectivity index (χ1) is 10.4. The van der Waals surface area contributed by atoms with Gasteiger partial charge in [0.1, 0.15) is 0 Å². The summed E-state index contributed by atoms with van der Waals surface area (Å²) in [7, 11) is -1.01. The van der Waals surface area contributed by atoms with E-state index >= 15 is 0 Å². The molecule has 0 N–H and O–H groups in total. The van der Waals surface area contributed by atoms with Crippen LogP contribution in [0.4, 0.5) is 0 Å². The average Bonchev–Trinajstić information content (AvgIpc) is 2.47. The predicted molar refractivity (Wildman–Crippen MR) is 98.3 cm³/mol. The molecule has 1 nitrogen and oxygen atoms in total. The second kappa shape index (κ2) is 7.08. The van der Waals surface area contributed by atoms with Gasteiger partial charge in [0.2, 0.25) is 0 Å². The zero-order chi connectivity index (χ0) is 16.2. The van der Waals surface area contributed by atoms with Crippen LogP contribution in [0.15, 0.2) is 61.2 Å². The molecule has 0 aliphatic rings. The normalized spacial score (nSPS) is 13.1. The summed E-state index contributed by atoms with van der Waals surface area (Å²) in [6.07, 6.45) is 1.91. The Hall–Kier alpha value is -1.64. The van der Waals surface area contributed by atoms with Crippen molar-refractivity contribution in [3.63, 3.8) is 0 Å². The zero-order valence-corrected chi connectivity index (χ0v) is 15.0. The molecule has 22 heavy (non-hydrogen) atoms. The van der Waals surface area contributed by atoms with Gasteiger partial charge < -0.3 is 4.74 Å². The highest BCUT2D eigenvalue weighted by atomic mass is 28.3. The van der Waals surface area contributed by atoms with Crippen LogP contribution < -0.4 is 10.4 Å². The van der Waals surface area contributed by atoms with Crippen molar-refractivity contribution in [2.75, 3.05) is 0 Å². The third-order valence-corrected chi connectivity index (χ3v) is 6.27. The first-order valence-electron chi connectivity index (χ1n) is 7.73. The Morgan fingerprint density at radius 2 is 1.64 bits per heavy atom. The maximum Gasteiger partial charge on any atom is 0.154 e. The molecule has 0 fully saturated rings. The third-order valence-electron chi connectivity index (χ3n) is 3.45. The van der Waals surface area contributed by atoms with Gasteiger partial charge in [-0.2, -0.15) is 0 Å². The zero-order valence-electron chi connectivity index (χ0n) is 14.0. The Balaban J connectivity index is 2.43. The second-order valence-electron chi connectivity index (χ2n) is 6.48. The van der Waals surface area contributed by atoms with E-state index in [4.69, 9.17) is 4.74 Å². The van der Waals surface area contributed by atoms with E-state index in [-0.39, 0.29) is 11.3 Å². The predicted octanol–water partition coefficient (Wildman–Crippen LogP) is 3.68. The number of hydrogen-bond donors (Lipinski definition) is 0. The molecule has 115 valence electrons. The van der Waals surface area contributed by atoms with E-state index in [1.54, 1.807) is 0 Å². The van der Waals surface area contributed by atoms with Crippen molar-refractivity contribution >= 4 is 25.2 Å². The molecule has 0 amide bonds. The standard InChI is InChI=1S/C20H25OSi/c1-6-17-11-10-14-19(15-17)22(16(2)21-20(3,4)5)18-12-8-7-9-13-18/h6-16H,1H2,2-5H3. The molecular weight excluding hydrogens is 284 g/mol. The van der Waals surface area contributed by atoms with E-state index in [9.17, 15) is 0 Å². The molecule has 1 atom stereocenters. The van der Waals surface area contributed by atoms with Gasteiger partial charge in [0.05, 0.1) is 11.3 Å². The SMILES string of the molecule is C=Cc1cccc([Si](c2ccccc2)C(C)OC(C)(C)C)c1. The molecule has 0 aromatic heterocycles. The molecule has 1 radical (unpaired) electrons. The van der Waals surface area contributed by atoms with Crippen molar-refractivity contribution in [3.8, 4) is 0 Å². The van der Waals surface area contributed by atoms with Gasteiger partial charge in [0, 0.05) is 0 Å². The van der Waals surface area contributed by atoms with E-state index in [0.717, 1.165) is 0 Å². The fourth-order valence-electron chi connectivity index (χ4n) is 2.68. The van der Waals surface area contributed by atoms with Crippen LogP contribution in [0, 0.1) is 0 Å². The van der Waals surface area contributed by atoms with Gasteiger partial charge in [-0.3, -0.25) is 0 Å². The molecule has 1 unspecified atom stereocenters. The molecule has 2 heteroatoms. The first-order valence-corrected chi connectivity index (χ1v) is 9.31. The number of benzene rings is 2. The molecule has 0 saturated heterocycles. The number of rotatable bonds is 5. The monoisotopic (exact) mass is 309 g/mol. The van der Waals surface area contributed by atoms with E-state index < -0.39 is 8.80 Å². The van der Waals surface area contributed by atoms with E-state index in [2.05, 4.69) is 88.9 Å². The van der Waals surface area contributed by atoms with E-state index in [1.807, 2.05) is 6.08 Å². The van der Waals surface area contributed by atoms with Crippen LogP contribution in [-0.4, -0.2) is 20.1 Å². The van der Waals surface area contributed by atoms with Gasteiger partial charge in [-0.15, -0.1) is 0 Å². The van der Waals surface area contributed by atoms with Crippen LogP contribution >= 0.6 is 0 Å². The van der Waals surface area contributed by atoms with Crippen molar-refractivity contribution in [2.24, 2.45) is 0 Å². The van der Waals surface area contributed by atoms with Crippen LogP contribution in [0.3, 0.4) is 0 Å². The number of hydrogen-bond acceptors (Lipinski definition) is 1. The highest BCUT2D eigenvalue weighted by molar-refractivity contribution is 6.86. The summed E-state index contributed by atoms with van der Waals surface area (Å²) in [5.74, 6) is 0. The Morgan fingerprint density at radius 1 is 1.00 bits per heavy atom. The maximum atomic E-state index is 6.30. The Bertz CT molecular complexity index is 613. The Kier molecular flexibility index (Phi) is 5.38. The molecule has 2 rings (SSSR count). The average molecular weight is 310 g/mol. The molecule has 0 aliphatic carbocycles. The largest absolute Gasteiger partial charge is 0.376 e. The second-order valence-corrected chi connectivity index (χ2v) is 9.28. The highest BCUT2D eigenvalue weighted by Crippen LogP contribution is 2.13. The van der Waals surface area contributed by atoms with Crippen molar-refractivity contribution < 1.29 is 4.74 Å². The lowest BCUT2D eigenvalue weighted by molar-refractivity contribution is -0.0174. The van der Waals surface area contributed by atoms with Crippen LogP contribution in [0.1, 0.15) is 33.3 Å². The molecule has 0 saturated carbocycles. The molecular formula is C20H25OSi. The number of ether oxygens (including phenoxy) is 1. The minimum Gasteiger partial charge on any atom is -0.376 e. The summed E-state index contributed by atoms with van der Waals surface area (Å²) < 4.78 is 6.30. The van der Waals surface area contributed by atoms with Gasteiger partial charge in [0.25, 0.3) is 0 Å². The molecule has 2 aromatic rings. The minimum absolute atomic E-state index is 0.139.